The van der Waals surface area contributed by atoms with Crippen LogP contribution >= 0.6 is 11.6 Å². The van der Waals surface area contributed by atoms with E-state index in [0.717, 1.165) is 25.4 Å². The summed E-state index contributed by atoms with van der Waals surface area (Å²) in [6.45, 7) is 0. The minimum Gasteiger partial charge on any atom is -0.481 e. The van der Waals surface area contributed by atoms with Gasteiger partial charge in [0.1, 0.15) is 6.29 Å². The van der Waals surface area contributed by atoms with Gasteiger partial charge in [0.15, 0.2) is 9.84 Å². The van der Waals surface area contributed by atoms with Gasteiger partial charge in [0.25, 0.3) is 0 Å². The van der Waals surface area contributed by atoms with E-state index < -0.39 is 15.8 Å². The van der Waals surface area contributed by atoms with E-state index in [1.54, 1.807) is 12.1 Å². The topological polar surface area (TPSA) is 88.5 Å². The molecule has 1 N–H and O–H groups in total. The average molecular weight is 359 g/mol. The van der Waals surface area contributed by atoms with E-state index in [1.165, 1.54) is 6.07 Å². The molecule has 7 heteroatoms. The van der Waals surface area contributed by atoms with Crippen molar-refractivity contribution in [3.8, 4) is 0 Å². The zero-order valence-corrected chi connectivity index (χ0v) is 14.3. The molecular formula is C16H19ClO5S. The molecule has 1 fully saturated rings. The number of hydrogen-bond acceptors (Lipinski definition) is 4. The molecule has 2 unspecified atom stereocenters. The molecule has 1 saturated carbocycles. The number of benzene rings is 1. The Morgan fingerprint density at radius 1 is 1.43 bits per heavy atom. The number of carboxylic acids is 1. The van der Waals surface area contributed by atoms with E-state index in [4.69, 9.17) is 11.6 Å². The van der Waals surface area contributed by atoms with Crippen molar-refractivity contribution in [2.24, 2.45) is 11.8 Å². The maximum Gasteiger partial charge on any atom is 0.303 e. The number of rotatable bonds is 6. The first-order valence-corrected chi connectivity index (χ1v) is 9.66. The highest BCUT2D eigenvalue weighted by atomic mass is 35.5. The summed E-state index contributed by atoms with van der Waals surface area (Å²) in [5.41, 5.74) is 0.710. The highest BCUT2D eigenvalue weighted by Crippen LogP contribution is 2.42. The largest absolute Gasteiger partial charge is 0.481 e. The van der Waals surface area contributed by atoms with Crippen LogP contribution in [0.1, 0.15) is 37.2 Å². The standard InChI is InChI=1S/C16H19ClO5S/c1-23(21,22)15-5-4-12(7-14(15)17)13(8-16(19)20)11-3-2-10(6-11)9-18/h4-5,7,9-11,13H,2-3,6,8H2,1H3,(H,19,20)/t10?,11?,13-/m1/s1. The van der Waals surface area contributed by atoms with Crippen LogP contribution in [0.4, 0.5) is 0 Å². The molecule has 3 atom stereocenters. The number of carbonyl (C=O) groups is 2. The molecular weight excluding hydrogens is 340 g/mol. The van der Waals surface area contributed by atoms with Crippen LogP contribution in [0.5, 0.6) is 0 Å². The SMILES string of the molecule is CS(=O)(=O)c1ccc([C@H](CC(=O)O)C2CCC(C=O)C2)cc1Cl. The number of hydrogen-bond donors (Lipinski definition) is 1. The first-order valence-electron chi connectivity index (χ1n) is 7.39. The highest BCUT2D eigenvalue weighted by molar-refractivity contribution is 7.90. The van der Waals surface area contributed by atoms with Crippen LogP contribution in [0.2, 0.25) is 5.02 Å². The zero-order chi connectivity index (χ0) is 17.2. The molecule has 23 heavy (non-hydrogen) atoms. The third kappa shape index (κ3) is 4.32. The van der Waals surface area contributed by atoms with Crippen LogP contribution in [0.25, 0.3) is 0 Å². The van der Waals surface area contributed by atoms with Crippen LogP contribution in [0.15, 0.2) is 23.1 Å². The van der Waals surface area contributed by atoms with Gasteiger partial charge >= 0.3 is 5.97 Å². The Hall–Kier alpha value is -1.40. The summed E-state index contributed by atoms with van der Waals surface area (Å²) < 4.78 is 23.3. The van der Waals surface area contributed by atoms with Crippen LogP contribution in [0, 0.1) is 11.8 Å². The van der Waals surface area contributed by atoms with Gasteiger partial charge in [-0.25, -0.2) is 8.42 Å². The van der Waals surface area contributed by atoms with Gasteiger partial charge in [-0.2, -0.15) is 0 Å². The fourth-order valence-electron chi connectivity index (χ4n) is 3.34. The van der Waals surface area contributed by atoms with Crippen molar-refractivity contribution in [1.82, 2.24) is 0 Å². The van der Waals surface area contributed by atoms with Crippen molar-refractivity contribution in [2.75, 3.05) is 6.26 Å². The van der Waals surface area contributed by atoms with Gasteiger partial charge in [0.05, 0.1) is 16.3 Å². The molecule has 2 rings (SSSR count). The van der Waals surface area contributed by atoms with E-state index in [1.807, 2.05) is 0 Å². The van der Waals surface area contributed by atoms with E-state index in [0.29, 0.717) is 12.0 Å². The molecule has 1 aromatic carbocycles. The molecule has 0 amide bonds. The molecule has 0 aliphatic heterocycles. The summed E-state index contributed by atoms with van der Waals surface area (Å²) in [4.78, 5) is 22.2. The van der Waals surface area contributed by atoms with Crippen molar-refractivity contribution in [1.29, 1.82) is 0 Å². The smallest absolute Gasteiger partial charge is 0.303 e. The minimum atomic E-state index is -3.43. The molecule has 0 bridgehead atoms. The Kier molecular flexibility index (Phi) is 5.47. The van der Waals surface area contributed by atoms with Crippen molar-refractivity contribution in [3.05, 3.63) is 28.8 Å². The van der Waals surface area contributed by atoms with Crippen molar-refractivity contribution < 1.29 is 23.1 Å². The Balaban J connectivity index is 2.34. The van der Waals surface area contributed by atoms with Crippen LogP contribution < -0.4 is 0 Å². The van der Waals surface area contributed by atoms with Gasteiger partial charge in [-0.05, 0) is 48.8 Å². The summed E-state index contributed by atoms with van der Waals surface area (Å²) >= 11 is 6.07. The lowest BCUT2D eigenvalue weighted by Gasteiger charge is -2.23. The monoisotopic (exact) mass is 358 g/mol. The predicted molar refractivity (Wildman–Crippen MR) is 86.5 cm³/mol. The molecule has 1 aliphatic rings. The van der Waals surface area contributed by atoms with Gasteiger partial charge in [-0.3, -0.25) is 4.79 Å². The first kappa shape index (κ1) is 17.9. The Morgan fingerprint density at radius 2 is 2.13 bits per heavy atom. The van der Waals surface area contributed by atoms with Crippen LogP contribution in [-0.2, 0) is 19.4 Å². The molecule has 0 spiro atoms. The van der Waals surface area contributed by atoms with Gasteiger partial charge in [0.2, 0.25) is 0 Å². The number of carboxylic acid groups (broad SMARTS) is 1. The number of aliphatic carboxylic acids is 1. The summed E-state index contributed by atoms with van der Waals surface area (Å²) in [7, 11) is -3.43. The highest BCUT2D eigenvalue weighted by Gasteiger charge is 2.33. The Morgan fingerprint density at radius 3 is 2.61 bits per heavy atom. The molecule has 0 aromatic heterocycles. The van der Waals surface area contributed by atoms with E-state index in [2.05, 4.69) is 0 Å². The van der Waals surface area contributed by atoms with Crippen LogP contribution in [0.3, 0.4) is 0 Å². The third-order valence-corrected chi connectivity index (χ3v) is 6.03. The van der Waals surface area contributed by atoms with E-state index in [9.17, 15) is 23.1 Å². The van der Waals surface area contributed by atoms with Crippen LogP contribution in [-0.4, -0.2) is 32.0 Å². The fraction of sp³-hybridized carbons (Fsp3) is 0.500. The summed E-state index contributed by atoms with van der Waals surface area (Å²) in [6, 6.07) is 4.60. The lowest BCUT2D eigenvalue weighted by Crippen LogP contribution is -2.15. The van der Waals surface area contributed by atoms with Gasteiger partial charge in [-0.1, -0.05) is 17.7 Å². The van der Waals surface area contributed by atoms with Crippen molar-refractivity contribution >= 4 is 33.7 Å². The molecule has 1 aromatic rings. The average Bonchev–Trinajstić information content (AvgIpc) is 2.91. The number of carbonyl (C=O) groups excluding carboxylic acids is 1. The van der Waals surface area contributed by atoms with Gasteiger partial charge < -0.3 is 9.90 Å². The lowest BCUT2D eigenvalue weighted by atomic mass is 9.82. The number of halogens is 1. The quantitative estimate of drug-likeness (QED) is 0.790. The van der Waals surface area contributed by atoms with Crippen molar-refractivity contribution in [3.63, 3.8) is 0 Å². The second-order valence-electron chi connectivity index (χ2n) is 6.14. The summed E-state index contributed by atoms with van der Waals surface area (Å²) in [5.74, 6) is -1.14. The fourth-order valence-corrected chi connectivity index (χ4v) is 4.67. The maximum atomic E-state index is 11.6. The van der Waals surface area contributed by atoms with E-state index in [-0.39, 0.29) is 34.1 Å². The molecule has 0 saturated heterocycles. The molecule has 0 heterocycles. The van der Waals surface area contributed by atoms with E-state index >= 15 is 0 Å². The minimum absolute atomic E-state index is 0.0259. The second kappa shape index (κ2) is 7.01. The zero-order valence-electron chi connectivity index (χ0n) is 12.7. The lowest BCUT2D eigenvalue weighted by molar-refractivity contribution is -0.137. The van der Waals surface area contributed by atoms with Gasteiger partial charge in [0, 0.05) is 12.2 Å². The first-order chi connectivity index (χ1) is 10.7. The third-order valence-electron chi connectivity index (χ3n) is 4.45. The normalized spacial score (nSPS) is 22.7. The Labute approximate surface area is 140 Å². The predicted octanol–water partition coefficient (Wildman–Crippen LogP) is 2.92. The summed E-state index contributed by atoms with van der Waals surface area (Å²) in [6.07, 6.45) is 4.15. The second-order valence-corrected chi connectivity index (χ2v) is 8.53. The van der Waals surface area contributed by atoms with Crippen molar-refractivity contribution in [2.45, 2.75) is 36.5 Å². The molecule has 126 valence electrons. The van der Waals surface area contributed by atoms with Gasteiger partial charge in [-0.15, -0.1) is 0 Å². The Bertz CT molecular complexity index is 713. The number of sulfone groups is 1. The maximum absolute atomic E-state index is 11.6. The molecule has 0 radical (unpaired) electrons. The number of aldehydes is 1. The summed E-state index contributed by atoms with van der Waals surface area (Å²) in [5, 5.41) is 9.29. The molecule has 1 aliphatic carbocycles. The molecule has 5 nitrogen and oxygen atoms in total.